The van der Waals surface area contributed by atoms with Crippen LogP contribution in [0.25, 0.3) is 0 Å². The maximum Gasteiger partial charge on any atom is 0.0736 e. The molecule has 1 rings (SSSR count). The van der Waals surface area contributed by atoms with Crippen LogP contribution >= 0.6 is 0 Å². The van der Waals surface area contributed by atoms with Gasteiger partial charge in [-0.05, 0) is 6.07 Å². The van der Waals surface area contributed by atoms with Crippen LogP contribution in [-0.2, 0) is 4.74 Å². The molecule has 1 aromatic rings. The Morgan fingerprint density at radius 1 is 1.71 bits per heavy atom. The van der Waals surface area contributed by atoms with E-state index in [0.29, 0.717) is 12.3 Å². The lowest BCUT2D eigenvalue weighted by molar-refractivity contribution is 0.153. The number of rotatable bonds is 5. The van der Waals surface area contributed by atoms with E-state index in [1.165, 1.54) is 0 Å². The molecule has 1 heterocycles. The van der Waals surface area contributed by atoms with E-state index in [1.807, 2.05) is 0 Å². The minimum atomic E-state index is -0.148. The molecule has 1 aromatic heterocycles. The van der Waals surface area contributed by atoms with Crippen LogP contribution in [0.2, 0.25) is 0 Å². The minimum Gasteiger partial charge on any atom is -0.396 e. The van der Waals surface area contributed by atoms with E-state index >= 15 is 0 Å². The van der Waals surface area contributed by atoms with Crippen molar-refractivity contribution in [1.29, 1.82) is 0 Å². The average Bonchev–Trinajstić information content (AvgIpc) is 2.20. The van der Waals surface area contributed by atoms with Crippen LogP contribution < -0.4 is 11.1 Å². The fourth-order valence-corrected chi connectivity index (χ4v) is 1.10. The van der Waals surface area contributed by atoms with Gasteiger partial charge < -0.3 is 20.9 Å². The summed E-state index contributed by atoms with van der Waals surface area (Å²) in [6.07, 6.45) is 3.20. The summed E-state index contributed by atoms with van der Waals surface area (Å²) in [6, 6.07) is 1.61. The first kappa shape index (κ1) is 10.7. The molecule has 1 atom stereocenters. The zero-order valence-corrected chi connectivity index (χ0v) is 8.10. The quantitative estimate of drug-likeness (QED) is 0.623. The number of ether oxygens (including phenoxy) is 1. The molecule has 5 nitrogen and oxygen atoms in total. The van der Waals surface area contributed by atoms with Gasteiger partial charge in [0.05, 0.1) is 36.8 Å². The second-order valence-electron chi connectivity index (χ2n) is 2.94. The summed E-state index contributed by atoms with van der Waals surface area (Å²) < 4.78 is 4.93. The van der Waals surface area contributed by atoms with Gasteiger partial charge >= 0.3 is 0 Å². The second-order valence-corrected chi connectivity index (χ2v) is 2.94. The Balaban J connectivity index is 2.62. The molecule has 0 amide bonds. The van der Waals surface area contributed by atoms with Gasteiger partial charge in [-0.3, -0.25) is 4.98 Å². The number of hydrogen-bond donors (Lipinski definition) is 3. The van der Waals surface area contributed by atoms with Crippen LogP contribution in [0.1, 0.15) is 0 Å². The third-order valence-electron chi connectivity index (χ3n) is 1.80. The summed E-state index contributed by atoms with van der Waals surface area (Å²) in [5, 5.41) is 12.1. The number of pyridine rings is 1. The Hall–Kier alpha value is -1.33. The number of nitrogens with zero attached hydrogens (tertiary/aromatic N) is 1. The molecule has 0 bridgehead atoms. The van der Waals surface area contributed by atoms with Gasteiger partial charge in [0.1, 0.15) is 0 Å². The molecule has 1 unspecified atom stereocenters. The highest BCUT2D eigenvalue weighted by atomic mass is 16.5. The molecule has 0 saturated heterocycles. The number of nitrogens with two attached hydrogens (primary N) is 1. The molecular formula is C9H15N3O2. The van der Waals surface area contributed by atoms with Crippen molar-refractivity contribution in [2.24, 2.45) is 0 Å². The highest BCUT2D eigenvalue weighted by Gasteiger charge is 2.07. The Bertz CT molecular complexity index is 281. The lowest BCUT2D eigenvalue weighted by Gasteiger charge is -2.17. The Morgan fingerprint density at radius 2 is 2.50 bits per heavy atom. The van der Waals surface area contributed by atoms with E-state index in [-0.39, 0.29) is 12.6 Å². The van der Waals surface area contributed by atoms with Gasteiger partial charge in [0.25, 0.3) is 0 Å². The molecule has 0 radical (unpaired) electrons. The number of methoxy groups -OCH3 is 1. The van der Waals surface area contributed by atoms with Crippen molar-refractivity contribution in [1.82, 2.24) is 4.98 Å². The van der Waals surface area contributed by atoms with Gasteiger partial charge in [-0.25, -0.2) is 0 Å². The monoisotopic (exact) mass is 197 g/mol. The molecule has 0 fully saturated rings. The molecule has 0 saturated carbocycles. The Kier molecular flexibility index (Phi) is 4.15. The summed E-state index contributed by atoms with van der Waals surface area (Å²) in [7, 11) is 1.58. The summed E-state index contributed by atoms with van der Waals surface area (Å²) in [6.45, 7) is 0.424. The Labute approximate surface area is 82.9 Å². The van der Waals surface area contributed by atoms with Gasteiger partial charge in [0.2, 0.25) is 0 Å². The lowest BCUT2D eigenvalue weighted by Crippen LogP contribution is -2.29. The first-order valence-electron chi connectivity index (χ1n) is 4.33. The van der Waals surface area contributed by atoms with Gasteiger partial charge in [0.15, 0.2) is 0 Å². The van der Waals surface area contributed by atoms with Gasteiger partial charge in [0, 0.05) is 13.3 Å². The Morgan fingerprint density at radius 3 is 3.07 bits per heavy atom. The summed E-state index contributed by atoms with van der Waals surface area (Å²) >= 11 is 0. The zero-order valence-electron chi connectivity index (χ0n) is 8.10. The van der Waals surface area contributed by atoms with E-state index in [9.17, 15) is 0 Å². The van der Waals surface area contributed by atoms with Gasteiger partial charge in [-0.2, -0.15) is 0 Å². The second kappa shape index (κ2) is 5.41. The number of hydrogen-bond acceptors (Lipinski definition) is 5. The average molecular weight is 197 g/mol. The zero-order chi connectivity index (χ0) is 10.4. The predicted octanol–water partition coefficient (Wildman–Crippen LogP) is 0.0830. The van der Waals surface area contributed by atoms with Crippen molar-refractivity contribution in [3.63, 3.8) is 0 Å². The van der Waals surface area contributed by atoms with Crippen molar-refractivity contribution in [2.45, 2.75) is 6.04 Å². The van der Waals surface area contributed by atoms with E-state index in [1.54, 1.807) is 25.6 Å². The third-order valence-corrected chi connectivity index (χ3v) is 1.80. The number of aromatic nitrogens is 1. The number of aliphatic hydroxyl groups is 1. The van der Waals surface area contributed by atoms with E-state index in [0.717, 1.165) is 5.69 Å². The molecule has 5 heteroatoms. The smallest absolute Gasteiger partial charge is 0.0736 e. The largest absolute Gasteiger partial charge is 0.396 e. The van der Waals surface area contributed by atoms with E-state index in [4.69, 9.17) is 15.6 Å². The topological polar surface area (TPSA) is 80.4 Å². The van der Waals surface area contributed by atoms with Crippen molar-refractivity contribution >= 4 is 11.4 Å². The number of nitrogens with one attached hydrogen (secondary N) is 1. The summed E-state index contributed by atoms with van der Waals surface area (Å²) in [5.74, 6) is 0. The molecule has 0 aliphatic rings. The molecular weight excluding hydrogens is 182 g/mol. The standard InChI is InChI=1S/C9H15N3O2/c1-14-6-7(5-13)12-9-2-3-11-4-8(9)10/h2-4,7,13H,5-6,10H2,1H3,(H,11,12). The lowest BCUT2D eigenvalue weighted by atomic mass is 10.3. The van der Waals surface area contributed by atoms with Crippen molar-refractivity contribution in [3.05, 3.63) is 18.5 Å². The van der Waals surface area contributed by atoms with Crippen LogP contribution in [0.5, 0.6) is 0 Å². The first-order chi connectivity index (χ1) is 6.77. The maximum atomic E-state index is 9.01. The number of anilines is 2. The predicted molar refractivity (Wildman–Crippen MR) is 55.0 cm³/mol. The summed E-state index contributed by atoms with van der Waals surface area (Å²) in [4.78, 5) is 3.87. The summed E-state index contributed by atoms with van der Waals surface area (Å²) in [5.41, 5.74) is 6.99. The van der Waals surface area contributed by atoms with Gasteiger partial charge in [-0.1, -0.05) is 0 Å². The van der Waals surface area contributed by atoms with Crippen LogP contribution in [0.4, 0.5) is 11.4 Å². The molecule has 4 N–H and O–H groups in total. The van der Waals surface area contributed by atoms with Crippen LogP contribution in [-0.4, -0.2) is 36.5 Å². The normalized spacial score (nSPS) is 12.4. The van der Waals surface area contributed by atoms with E-state index < -0.39 is 0 Å². The van der Waals surface area contributed by atoms with Crippen LogP contribution in [0, 0.1) is 0 Å². The first-order valence-corrected chi connectivity index (χ1v) is 4.33. The van der Waals surface area contributed by atoms with Crippen molar-refractivity contribution in [3.8, 4) is 0 Å². The highest BCUT2D eigenvalue weighted by molar-refractivity contribution is 5.64. The highest BCUT2D eigenvalue weighted by Crippen LogP contribution is 2.16. The van der Waals surface area contributed by atoms with Crippen molar-refractivity contribution in [2.75, 3.05) is 31.4 Å². The third kappa shape index (κ3) is 2.86. The molecule has 0 aliphatic carbocycles. The minimum absolute atomic E-state index is 0.00436. The molecule has 78 valence electrons. The van der Waals surface area contributed by atoms with Gasteiger partial charge in [-0.15, -0.1) is 0 Å². The fraction of sp³-hybridized carbons (Fsp3) is 0.444. The molecule has 0 aromatic carbocycles. The van der Waals surface area contributed by atoms with Crippen LogP contribution in [0.3, 0.4) is 0 Å². The SMILES string of the molecule is COCC(CO)Nc1ccncc1N. The fourth-order valence-electron chi connectivity index (χ4n) is 1.10. The molecule has 0 aliphatic heterocycles. The number of aliphatic hydroxyl groups excluding tert-OH is 1. The van der Waals surface area contributed by atoms with Crippen molar-refractivity contribution < 1.29 is 9.84 Å². The molecule has 0 spiro atoms. The van der Waals surface area contributed by atoms with Crippen LogP contribution in [0.15, 0.2) is 18.5 Å². The maximum absolute atomic E-state index is 9.01. The van der Waals surface area contributed by atoms with E-state index in [2.05, 4.69) is 10.3 Å². The number of nitrogen functional groups attached to an aromatic ring is 1. The molecule has 14 heavy (non-hydrogen) atoms.